The highest BCUT2D eigenvalue weighted by atomic mass is 32.2. The summed E-state index contributed by atoms with van der Waals surface area (Å²) in [6.07, 6.45) is -8.05. The number of nitrogens with one attached hydrogen (secondary N) is 1. The molecule has 1 amide bonds. The summed E-state index contributed by atoms with van der Waals surface area (Å²) in [6.45, 7) is -1.04. The van der Waals surface area contributed by atoms with E-state index in [9.17, 15) is 45.1 Å². The Morgan fingerprint density at radius 1 is 1.07 bits per heavy atom. The summed E-state index contributed by atoms with van der Waals surface area (Å²) in [5.41, 5.74) is -1.49. The molecule has 224 valence electrons. The van der Waals surface area contributed by atoms with Gasteiger partial charge in [0, 0.05) is 12.0 Å². The van der Waals surface area contributed by atoms with Gasteiger partial charge >= 0.3 is 12.1 Å². The normalized spacial score (nSPS) is 15.9. The molecule has 3 aromatic carbocycles. The number of fused-ring (bicyclic) bond motifs is 1. The summed E-state index contributed by atoms with van der Waals surface area (Å²) in [6, 6.07) is 9.60. The molecule has 0 radical (unpaired) electrons. The largest absolute Gasteiger partial charge is 0.486 e. The van der Waals surface area contributed by atoms with E-state index in [1.54, 1.807) is 0 Å². The lowest BCUT2D eigenvalue weighted by Crippen LogP contribution is -2.44. The second-order valence-corrected chi connectivity index (χ2v) is 11.2. The van der Waals surface area contributed by atoms with E-state index < -0.39 is 75.5 Å². The predicted octanol–water partition coefficient (Wildman–Crippen LogP) is 3.95. The van der Waals surface area contributed by atoms with Crippen LogP contribution in [0.15, 0.2) is 65.6 Å². The molecule has 1 unspecified atom stereocenters. The van der Waals surface area contributed by atoms with Crippen LogP contribution in [0.3, 0.4) is 0 Å². The quantitative estimate of drug-likeness (QED) is 0.311. The maximum Gasteiger partial charge on any atom is 0.416 e. The average molecular weight is 615 g/mol. The number of nitrogens with zero attached hydrogens (tertiary/aromatic N) is 1. The molecule has 0 aliphatic carbocycles. The minimum absolute atomic E-state index is 0.0518. The molecule has 2 atom stereocenters. The fourth-order valence-electron chi connectivity index (χ4n) is 4.21. The molecule has 0 spiro atoms. The van der Waals surface area contributed by atoms with Gasteiger partial charge in [0.25, 0.3) is 10.0 Å². The van der Waals surface area contributed by atoms with Gasteiger partial charge in [0.1, 0.15) is 23.5 Å². The zero-order valence-corrected chi connectivity index (χ0v) is 22.3. The third kappa shape index (κ3) is 6.79. The van der Waals surface area contributed by atoms with Gasteiger partial charge in [0.2, 0.25) is 5.91 Å². The Balaban J connectivity index is 1.69. The number of alkyl halides is 3. The van der Waals surface area contributed by atoms with Crippen molar-refractivity contribution in [1.29, 1.82) is 0 Å². The van der Waals surface area contributed by atoms with Crippen molar-refractivity contribution in [3.8, 4) is 16.9 Å². The monoisotopic (exact) mass is 614 g/mol. The molecule has 9 nitrogen and oxygen atoms in total. The van der Waals surface area contributed by atoms with Gasteiger partial charge < -0.3 is 20.3 Å². The van der Waals surface area contributed by atoms with Crippen molar-refractivity contribution in [2.24, 2.45) is 0 Å². The van der Waals surface area contributed by atoms with Crippen molar-refractivity contribution < 1.29 is 54.9 Å². The number of hydrogen-bond donors (Lipinski definition) is 3. The number of rotatable bonds is 9. The number of ether oxygens (including phenoxy) is 1. The third-order valence-corrected chi connectivity index (χ3v) is 8.13. The SMILES string of the molecule is O=C(CC[C@H]1CN(S(=O)(=O)c2cccc(C(F)(F)F)c2)c2cc(-c3cc(F)ccc3F)ccc2O1)NCC(O)C(=O)O. The van der Waals surface area contributed by atoms with Crippen LogP contribution in [-0.4, -0.2) is 55.8 Å². The molecule has 3 N–H and O–H groups in total. The standard InChI is InChI=1S/C27H23F5N2O7S/c28-17-5-7-21(29)20(12-17)15-4-8-24-22(10-15)34(42(39,40)19-3-1-2-16(11-19)27(30,31)32)14-18(41-24)6-9-25(36)33-13-23(35)26(37)38/h1-5,7-8,10-12,18,23,35H,6,9,13-14H2,(H,33,36)(H,37,38)/t18-,23?/m0/s1. The zero-order valence-electron chi connectivity index (χ0n) is 21.4. The van der Waals surface area contributed by atoms with Gasteiger partial charge in [-0.25, -0.2) is 22.0 Å². The summed E-state index contributed by atoms with van der Waals surface area (Å²) < 4.78 is 103. The number of carboxylic acid groups (broad SMARTS) is 1. The number of amides is 1. The van der Waals surface area contributed by atoms with E-state index in [1.807, 2.05) is 0 Å². The number of carbonyl (C=O) groups excluding carboxylic acids is 1. The van der Waals surface area contributed by atoms with Crippen LogP contribution in [0.2, 0.25) is 0 Å². The molecular weight excluding hydrogens is 591 g/mol. The van der Waals surface area contributed by atoms with Gasteiger partial charge in [0.05, 0.1) is 29.2 Å². The van der Waals surface area contributed by atoms with Crippen molar-refractivity contribution in [1.82, 2.24) is 5.32 Å². The number of halogens is 5. The zero-order chi connectivity index (χ0) is 30.8. The van der Waals surface area contributed by atoms with E-state index in [4.69, 9.17) is 9.84 Å². The fraction of sp³-hybridized carbons (Fsp3) is 0.259. The van der Waals surface area contributed by atoms with Crippen LogP contribution in [0, 0.1) is 11.6 Å². The number of hydrogen-bond acceptors (Lipinski definition) is 6. The van der Waals surface area contributed by atoms with Crippen molar-refractivity contribution in [2.75, 3.05) is 17.4 Å². The summed E-state index contributed by atoms with van der Waals surface area (Å²) in [4.78, 5) is 22.2. The van der Waals surface area contributed by atoms with Crippen molar-refractivity contribution in [3.63, 3.8) is 0 Å². The molecule has 0 aromatic heterocycles. The minimum Gasteiger partial charge on any atom is -0.486 e. The number of aliphatic hydroxyl groups is 1. The first kappa shape index (κ1) is 30.7. The van der Waals surface area contributed by atoms with Gasteiger partial charge in [-0.05, 0) is 60.5 Å². The minimum atomic E-state index is -4.83. The summed E-state index contributed by atoms with van der Waals surface area (Å²) in [7, 11) is -4.69. The Hall–Kier alpha value is -4.24. The van der Waals surface area contributed by atoms with Crippen molar-refractivity contribution >= 4 is 27.6 Å². The maximum absolute atomic E-state index is 14.5. The van der Waals surface area contributed by atoms with Crippen LogP contribution in [0.5, 0.6) is 5.75 Å². The lowest BCUT2D eigenvalue weighted by atomic mass is 10.0. The lowest BCUT2D eigenvalue weighted by molar-refractivity contribution is -0.146. The topological polar surface area (TPSA) is 133 Å². The van der Waals surface area contributed by atoms with Crippen molar-refractivity contribution in [3.05, 3.63) is 77.9 Å². The number of aliphatic hydroxyl groups excluding tert-OH is 1. The second-order valence-electron chi connectivity index (χ2n) is 9.31. The Morgan fingerprint density at radius 2 is 1.81 bits per heavy atom. The summed E-state index contributed by atoms with van der Waals surface area (Å²) in [5.74, 6) is -3.84. The highest BCUT2D eigenvalue weighted by Crippen LogP contribution is 2.41. The lowest BCUT2D eigenvalue weighted by Gasteiger charge is -2.36. The molecule has 1 aliphatic rings. The van der Waals surface area contributed by atoms with E-state index >= 15 is 0 Å². The fourth-order valence-corrected chi connectivity index (χ4v) is 5.76. The molecule has 3 aromatic rings. The number of aliphatic carboxylic acids is 1. The molecule has 0 fully saturated rings. The van der Waals surface area contributed by atoms with Gasteiger partial charge in [-0.15, -0.1) is 0 Å². The smallest absolute Gasteiger partial charge is 0.416 e. The first-order valence-corrected chi connectivity index (χ1v) is 13.7. The van der Waals surface area contributed by atoms with Gasteiger partial charge in [0.15, 0.2) is 6.10 Å². The third-order valence-electron chi connectivity index (χ3n) is 6.35. The van der Waals surface area contributed by atoms with Crippen LogP contribution in [0.1, 0.15) is 18.4 Å². The number of carboxylic acids is 1. The van der Waals surface area contributed by atoms with Gasteiger partial charge in [-0.2, -0.15) is 13.2 Å². The van der Waals surface area contributed by atoms with Crippen LogP contribution in [0.25, 0.3) is 11.1 Å². The molecule has 1 heterocycles. The molecular formula is C27H23F5N2O7S. The Bertz CT molecular complexity index is 1610. The van der Waals surface area contributed by atoms with Crippen LogP contribution in [0.4, 0.5) is 27.6 Å². The molecule has 0 saturated heterocycles. The molecule has 15 heteroatoms. The molecule has 42 heavy (non-hydrogen) atoms. The first-order valence-electron chi connectivity index (χ1n) is 12.3. The molecule has 4 rings (SSSR count). The van der Waals surface area contributed by atoms with Crippen LogP contribution in [-0.2, 0) is 25.8 Å². The molecule has 0 bridgehead atoms. The van der Waals surface area contributed by atoms with E-state index in [0.717, 1.165) is 34.6 Å². The summed E-state index contributed by atoms with van der Waals surface area (Å²) >= 11 is 0. The number of carbonyl (C=O) groups is 2. The summed E-state index contributed by atoms with van der Waals surface area (Å²) in [5, 5.41) is 20.2. The van der Waals surface area contributed by atoms with Gasteiger partial charge in [-0.3, -0.25) is 9.10 Å². The number of benzene rings is 3. The average Bonchev–Trinajstić information content (AvgIpc) is 2.94. The highest BCUT2D eigenvalue weighted by molar-refractivity contribution is 7.92. The van der Waals surface area contributed by atoms with E-state index in [-0.39, 0.29) is 35.4 Å². The van der Waals surface area contributed by atoms with E-state index in [0.29, 0.717) is 12.1 Å². The van der Waals surface area contributed by atoms with Crippen molar-refractivity contribution in [2.45, 2.75) is 36.1 Å². The number of sulfonamides is 1. The molecule has 0 saturated carbocycles. The Kier molecular flexibility index (Phi) is 8.73. The highest BCUT2D eigenvalue weighted by Gasteiger charge is 2.37. The maximum atomic E-state index is 14.5. The van der Waals surface area contributed by atoms with E-state index in [2.05, 4.69) is 5.32 Å². The number of anilines is 1. The van der Waals surface area contributed by atoms with Crippen LogP contribution < -0.4 is 14.4 Å². The Morgan fingerprint density at radius 3 is 2.50 bits per heavy atom. The van der Waals surface area contributed by atoms with Gasteiger partial charge in [-0.1, -0.05) is 12.1 Å². The van der Waals surface area contributed by atoms with E-state index in [1.165, 1.54) is 18.2 Å². The Labute approximate surface area is 236 Å². The first-order chi connectivity index (χ1) is 19.7. The van der Waals surface area contributed by atoms with Crippen LogP contribution >= 0.6 is 0 Å². The second kappa shape index (κ2) is 11.9. The predicted molar refractivity (Wildman–Crippen MR) is 138 cm³/mol. The molecule has 1 aliphatic heterocycles.